The zero-order valence-corrected chi connectivity index (χ0v) is 13.9. The highest BCUT2D eigenvalue weighted by Crippen LogP contribution is 2.38. The van der Waals surface area contributed by atoms with Gasteiger partial charge in [0.15, 0.2) is 5.49 Å². The van der Waals surface area contributed by atoms with Crippen LogP contribution in [0.3, 0.4) is 0 Å². The second-order valence-corrected chi connectivity index (χ2v) is 5.53. The number of hydrogen-bond donors (Lipinski definition) is 2. The second-order valence-electron chi connectivity index (χ2n) is 5.53. The molecule has 0 bridgehead atoms. The second kappa shape index (κ2) is 6.98. The van der Waals surface area contributed by atoms with Gasteiger partial charge in [-0.15, -0.1) is 5.10 Å². The van der Waals surface area contributed by atoms with Gasteiger partial charge in [-0.05, 0) is 30.7 Å². The fraction of sp³-hybridized carbons (Fsp3) is 0.118. The number of aryl methyl sites for hydroxylation is 1. The van der Waals surface area contributed by atoms with Crippen LogP contribution in [0.1, 0.15) is 11.1 Å². The number of nitrogens with one attached hydrogen (secondary N) is 2. The van der Waals surface area contributed by atoms with E-state index in [1.54, 1.807) is 6.92 Å². The molecule has 0 unspecified atom stereocenters. The maximum absolute atomic E-state index is 13.1. The molecule has 138 valence electrons. The van der Waals surface area contributed by atoms with E-state index in [0.29, 0.717) is 16.7 Å². The summed E-state index contributed by atoms with van der Waals surface area (Å²) in [5.41, 5.74) is 0.347. The Kier molecular flexibility index (Phi) is 4.72. The molecule has 2 N–H and O–H groups in total. The van der Waals surface area contributed by atoms with Gasteiger partial charge < -0.3 is 4.74 Å². The van der Waals surface area contributed by atoms with Gasteiger partial charge in [0.25, 0.3) is 0 Å². The van der Waals surface area contributed by atoms with Gasteiger partial charge in [0.1, 0.15) is 18.4 Å². The number of nitrogens with zero attached hydrogens (tertiary/aromatic N) is 4. The highest BCUT2D eigenvalue weighted by atomic mass is 19.4. The van der Waals surface area contributed by atoms with Gasteiger partial charge in [0.2, 0.25) is 5.88 Å². The van der Waals surface area contributed by atoms with Crippen molar-refractivity contribution in [1.82, 2.24) is 19.7 Å². The first kappa shape index (κ1) is 18.2. The summed E-state index contributed by atoms with van der Waals surface area (Å²) in [6.07, 6.45) is 0.462. The first-order valence-corrected chi connectivity index (χ1v) is 7.59. The molecule has 0 aliphatic heterocycles. The fourth-order valence-electron chi connectivity index (χ4n) is 2.34. The monoisotopic (exact) mass is 374 g/mol. The number of ether oxygens (including phenoxy) is 1. The lowest BCUT2D eigenvalue weighted by Crippen LogP contribution is -2.24. The van der Waals surface area contributed by atoms with E-state index >= 15 is 0 Å². The molecule has 0 amide bonds. The summed E-state index contributed by atoms with van der Waals surface area (Å²) in [6, 6.07) is 4.49. The van der Waals surface area contributed by atoms with Crippen LogP contribution in [0, 0.1) is 17.7 Å². The number of alkyl halides is 3. The Morgan fingerprint density at radius 2 is 1.85 bits per heavy atom. The lowest BCUT2D eigenvalue weighted by molar-refractivity contribution is -0.137. The van der Waals surface area contributed by atoms with Gasteiger partial charge in [-0.3, -0.25) is 10.8 Å². The standard InChI is InChI=1S/C17H13F3N6O/c1-10-4-15(25-26(8-21)16(10)22)27-14-5-12(17(18,19)20)2-3-13(14)11-6-23-9-24-7-11/h2-9,21-22H,1H3. The van der Waals surface area contributed by atoms with E-state index in [0.717, 1.165) is 23.2 Å². The minimum Gasteiger partial charge on any atom is -0.437 e. The zero-order chi connectivity index (χ0) is 19.6. The average Bonchev–Trinajstić information content (AvgIpc) is 2.64. The van der Waals surface area contributed by atoms with Crippen LogP contribution in [-0.4, -0.2) is 26.1 Å². The van der Waals surface area contributed by atoms with Crippen LogP contribution in [0.15, 0.2) is 43.0 Å². The third kappa shape index (κ3) is 3.84. The van der Waals surface area contributed by atoms with Crippen molar-refractivity contribution in [2.24, 2.45) is 0 Å². The minimum atomic E-state index is -4.55. The molecule has 2 heterocycles. The van der Waals surface area contributed by atoms with E-state index in [4.69, 9.17) is 15.6 Å². The highest BCUT2D eigenvalue weighted by Gasteiger charge is 2.31. The average molecular weight is 374 g/mol. The quantitative estimate of drug-likeness (QED) is 0.540. The Labute approximate surface area is 151 Å². The van der Waals surface area contributed by atoms with E-state index in [-0.39, 0.29) is 17.1 Å². The van der Waals surface area contributed by atoms with Crippen LogP contribution in [-0.2, 0) is 6.18 Å². The van der Waals surface area contributed by atoms with Crippen LogP contribution >= 0.6 is 0 Å². The molecule has 0 saturated heterocycles. The van der Waals surface area contributed by atoms with E-state index in [1.165, 1.54) is 30.9 Å². The van der Waals surface area contributed by atoms with Gasteiger partial charge in [-0.25, -0.2) is 14.6 Å². The lowest BCUT2D eigenvalue weighted by atomic mass is 10.0. The Morgan fingerprint density at radius 3 is 2.48 bits per heavy atom. The molecule has 0 fully saturated rings. The predicted molar refractivity (Wildman–Crippen MR) is 89.5 cm³/mol. The van der Waals surface area contributed by atoms with Crippen molar-refractivity contribution in [1.29, 1.82) is 10.8 Å². The van der Waals surface area contributed by atoms with E-state index in [2.05, 4.69) is 15.1 Å². The molecule has 2 aromatic heterocycles. The first-order valence-electron chi connectivity index (χ1n) is 7.59. The third-order valence-electron chi connectivity index (χ3n) is 3.67. The summed E-state index contributed by atoms with van der Waals surface area (Å²) in [7, 11) is 0. The van der Waals surface area contributed by atoms with E-state index in [1.807, 2.05) is 0 Å². The third-order valence-corrected chi connectivity index (χ3v) is 3.67. The minimum absolute atomic E-state index is 0.0296. The molecule has 3 rings (SSSR count). The van der Waals surface area contributed by atoms with Gasteiger partial charge in [-0.1, -0.05) is 0 Å². The van der Waals surface area contributed by atoms with Gasteiger partial charge in [0.05, 0.1) is 5.56 Å². The van der Waals surface area contributed by atoms with Crippen LogP contribution < -0.4 is 10.2 Å². The van der Waals surface area contributed by atoms with E-state index in [9.17, 15) is 13.2 Å². The molecule has 0 radical (unpaired) electrons. The molecule has 27 heavy (non-hydrogen) atoms. The lowest BCUT2D eigenvalue weighted by Gasteiger charge is -2.14. The molecule has 7 nitrogen and oxygen atoms in total. The topological polar surface area (TPSA) is 101 Å². The molecule has 0 aliphatic carbocycles. The summed E-state index contributed by atoms with van der Waals surface area (Å²) in [5, 5.41) is 19.0. The molecular weight excluding hydrogens is 361 g/mol. The van der Waals surface area contributed by atoms with Crippen molar-refractivity contribution < 1.29 is 17.9 Å². The smallest absolute Gasteiger partial charge is 0.416 e. The molecular formula is C17H13F3N6O. The number of halogens is 3. The summed E-state index contributed by atoms with van der Waals surface area (Å²) >= 11 is 0. The zero-order valence-electron chi connectivity index (χ0n) is 13.9. The molecule has 10 heteroatoms. The first-order chi connectivity index (χ1) is 12.8. The van der Waals surface area contributed by atoms with E-state index < -0.39 is 11.7 Å². The molecule has 0 spiro atoms. The number of benzene rings is 1. The van der Waals surface area contributed by atoms with Crippen molar-refractivity contribution in [2.45, 2.75) is 13.1 Å². The summed E-state index contributed by atoms with van der Waals surface area (Å²) in [4.78, 5) is 7.74. The maximum atomic E-state index is 13.1. The van der Waals surface area contributed by atoms with Gasteiger partial charge in [0, 0.05) is 29.6 Å². The Bertz CT molecular complexity index is 1050. The van der Waals surface area contributed by atoms with Crippen molar-refractivity contribution in [3.8, 4) is 22.8 Å². The van der Waals surface area contributed by atoms with Crippen LogP contribution in [0.4, 0.5) is 13.2 Å². The van der Waals surface area contributed by atoms with Crippen LogP contribution in [0.5, 0.6) is 11.6 Å². The normalized spacial score (nSPS) is 11.3. The van der Waals surface area contributed by atoms with Crippen molar-refractivity contribution in [3.63, 3.8) is 0 Å². The molecule has 1 aromatic carbocycles. The SMILES string of the molecule is Cc1cc(Oc2cc(C(F)(F)F)ccc2-c2cncnc2)nn(C=N)c1=N. The van der Waals surface area contributed by atoms with Crippen molar-refractivity contribution in [2.75, 3.05) is 0 Å². The molecule has 0 atom stereocenters. The largest absolute Gasteiger partial charge is 0.437 e. The molecule has 0 saturated carbocycles. The maximum Gasteiger partial charge on any atom is 0.416 e. The fourth-order valence-corrected chi connectivity index (χ4v) is 2.34. The van der Waals surface area contributed by atoms with Crippen LogP contribution in [0.2, 0.25) is 0 Å². The predicted octanol–water partition coefficient (Wildman–Crippen LogP) is 3.39. The number of aromatic nitrogens is 4. The van der Waals surface area contributed by atoms with Gasteiger partial charge >= 0.3 is 6.18 Å². The number of hydrogen-bond acceptors (Lipinski definition) is 6. The summed E-state index contributed by atoms with van der Waals surface area (Å²) in [6.45, 7) is 1.61. The highest BCUT2D eigenvalue weighted by molar-refractivity contribution is 5.70. The summed E-state index contributed by atoms with van der Waals surface area (Å²) in [5.74, 6) is -0.148. The van der Waals surface area contributed by atoms with Crippen molar-refractivity contribution >= 4 is 6.34 Å². The molecule has 0 aliphatic rings. The summed E-state index contributed by atoms with van der Waals surface area (Å²) < 4.78 is 45.9. The van der Waals surface area contributed by atoms with Gasteiger partial charge in [-0.2, -0.15) is 13.2 Å². The Morgan fingerprint density at radius 1 is 1.15 bits per heavy atom. The van der Waals surface area contributed by atoms with Crippen LogP contribution in [0.25, 0.3) is 11.1 Å². The Hall–Kier alpha value is -3.56. The molecule has 3 aromatic rings. The van der Waals surface area contributed by atoms with Crippen molar-refractivity contribution in [3.05, 3.63) is 59.6 Å². The Balaban J connectivity index is 2.14. The number of rotatable bonds is 4.